The maximum atomic E-state index is 5.38. The van der Waals surface area contributed by atoms with E-state index in [1.165, 1.54) is 5.69 Å². The van der Waals surface area contributed by atoms with Gasteiger partial charge in [-0.1, -0.05) is 25.6 Å². The van der Waals surface area contributed by atoms with Crippen molar-refractivity contribution in [3.63, 3.8) is 0 Å². The molecule has 19 heavy (non-hydrogen) atoms. The van der Waals surface area contributed by atoms with Crippen LogP contribution in [0.3, 0.4) is 0 Å². The van der Waals surface area contributed by atoms with Crippen molar-refractivity contribution in [3.8, 4) is 0 Å². The quantitative estimate of drug-likeness (QED) is 0.787. The Morgan fingerprint density at radius 2 is 1.95 bits per heavy atom. The van der Waals surface area contributed by atoms with Crippen molar-refractivity contribution in [1.29, 1.82) is 0 Å². The average Bonchev–Trinajstić information content (AvgIpc) is 2.85. The molecule has 2 rings (SSSR count). The zero-order valence-corrected chi connectivity index (χ0v) is 12.9. The molecular formula is C13H20N4OS. The molecule has 0 aliphatic heterocycles. The Morgan fingerprint density at radius 3 is 2.53 bits per heavy atom. The van der Waals surface area contributed by atoms with Gasteiger partial charge in [-0.15, -0.1) is 10.2 Å². The van der Waals surface area contributed by atoms with Crippen LogP contribution < -0.4 is 0 Å². The SMILES string of the molecule is Cc1nnc(CSc2nc(C)c(C)n2CC(C)C)o1. The van der Waals surface area contributed by atoms with Crippen molar-refractivity contribution in [1.82, 2.24) is 19.7 Å². The lowest BCUT2D eigenvalue weighted by atomic mass is 10.2. The van der Waals surface area contributed by atoms with Crippen molar-refractivity contribution in [2.45, 2.75) is 52.1 Å². The van der Waals surface area contributed by atoms with Gasteiger partial charge in [0.2, 0.25) is 11.8 Å². The van der Waals surface area contributed by atoms with E-state index in [-0.39, 0.29) is 0 Å². The molecule has 2 aromatic rings. The van der Waals surface area contributed by atoms with Crippen LogP contribution in [0.15, 0.2) is 9.57 Å². The van der Waals surface area contributed by atoms with Crippen molar-refractivity contribution in [2.24, 2.45) is 5.92 Å². The van der Waals surface area contributed by atoms with E-state index in [1.54, 1.807) is 18.7 Å². The molecule has 2 aromatic heterocycles. The van der Waals surface area contributed by atoms with E-state index in [9.17, 15) is 0 Å². The van der Waals surface area contributed by atoms with Gasteiger partial charge in [0.1, 0.15) is 0 Å². The monoisotopic (exact) mass is 280 g/mol. The summed E-state index contributed by atoms with van der Waals surface area (Å²) in [5.74, 6) is 2.51. The first kappa shape index (κ1) is 14.1. The molecule has 0 unspecified atom stereocenters. The number of hydrogen-bond acceptors (Lipinski definition) is 5. The Kier molecular flexibility index (Phi) is 4.29. The first-order valence-corrected chi connectivity index (χ1v) is 7.41. The zero-order chi connectivity index (χ0) is 14.0. The van der Waals surface area contributed by atoms with Gasteiger partial charge in [-0.05, 0) is 19.8 Å². The zero-order valence-electron chi connectivity index (χ0n) is 12.1. The van der Waals surface area contributed by atoms with E-state index in [2.05, 4.69) is 40.5 Å². The van der Waals surface area contributed by atoms with Gasteiger partial charge in [0.15, 0.2) is 5.16 Å². The van der Waals surface area contributed by atoms with Gasteiger partial charge in [0.25, 0.3) is 0 Å². The summed E-state index contributed by atoms with van der Waals surface area (Å²) in [5, 5.41) is 8.87. The van der Waals surface area contributed by atoms with Crippen molar-refractivity contribution in [3.05, 3.63) is 23.2 Å². The highest BCUT2D eigenvalue weighted by molar-refractivity contribution is 7.98. The molecule has 0 fully saturated rings. The maximum absolute atomic E-state index is 5.38. The molecule has 0 amide bonds. The van der Waals surface area contributed by atoms with Gasteiger partial charge in [-0.25, -0.2) is 4.98 Å². The number of nitrogens with zero attached hydrogens (tertiary/aromatic N) is 4. The molecule has 0 saturated carbocycles. The number of aryl methyl sites for hydroxylation is 2. The summed E-state index contributed by atoms with van der Waals surface area (Å²) in [5.41, 5.74) is 2.32. The standard InChI is InChI=1S/C13H20N4OS/c1-8(2)6-17-10(4)9(3)14-13(17)19-7-12-16-15-11(5)18-12/h8H,6-7H2,1-5H3. The van der Waals surface area contributed by atoms with Gasteiger partial charge >= 0.3 is 0 Å². The highest BCUT2D eigenvalue weighted by Crippen LogP contribution is 2.25. The average molecular weight is 280 g/mol. The van der Waals surface area contributed by atoms with Crippen LogP contribution in [0.2, 0.25) is 0 Å². The fourth-order valence-corrected chi connectivity index (χ4v) is 2.77. The molecule has 0 saturated heterocycles. The summed E-state index contributed by atoms with van der Waals surface area (Å²) in [6.07, 6.45) is 0. The number of aromatic nitrogens is 4. The van der Waals surface area contributed by atoms with Crippen LogP contribution in [0.25, 0.3) is 0 Å². The van der Waals surface area contributed by atoms with Gasteiger partial charge in [0.05, 0.1) is 11.4 Å². The van der Waals surface area contributed by atoms with Crippen LogP contribution in [0.4, 0.5) is 0 Å². The van der Waals surface area contributed by atoms with Crippen molar-refractivity contribution in [2.75, 3.05) is 0 Å². The first-order chi connectivity index (χ1) is 8.97. The molecule has 0 aliphatic rings. The van der Waals surface area contributed by atoms with Gasteiger partial charge < -0.3 is 8.98 Å². The van der Waals surface area contributed by atoms with Crippen molar-refractivity contribution < 1.29 is 4.42 Å². The molecule has 5 nitrogen and oxygen atoms in total. The highest BCUT2D eigenvalue weighted by Gasteiger charge is 2.14. The van der Waals surface area contributed by atoms with Crippen LogP contribution >= 0.6 is 11.8 Å². The van der Waals surface area contributed by atoms with E-state index < -0.39 is 0 Å². The fraction of sp³-hybridized carbons (Fsp3) is 0.615. The van der Waals surface area contributed by atoms with Crippen molar-refractivity contribution >= 4 is 11.8 Å². The molecule has 0 atom stereocenters. The first-order valence-electron chi connectivity index (χ1n) is 6.43. The van der Waals surface area contributed by atoms with Gasteiger partial charge in [0, 0.05) is 19.2 Å². The van der Waals surface area contributed by atoms with E-state index in [0.29, 0.717) is 23.5 Å². The molecular weight excluding hydrogens is 260 g/mol. The van der Waals surface area contributed by atoms with E-state index in [1.807, 2.05) is 6.92 Å². The Labute approximate surface area is 117 Å². The minimum atomic E-state index is 0.595. The lowest BCUT2D eigenvalue weighted by Gasteiger charge is -2.11. The Morgan fingerprint density at radius 1 is 1.21 bits per heavy atom. The number of imidazole rings is 1. The van der Waals surface area contributed by atoms with Gasteiger partial charge in [-0.2, -0.15) is 0 Å². The van der Waals surface area contributed by atoms with E-state index in [0.717, 1.165) is 17.4 Å². The molecule has 0 aromatic carbocycles. The third-order valence-corrected chi connectivity index (χ3v) is 3.82. The second-order valence-electron chi connectivity index (χ2n) is 5.07. The largest absolute Gasteiger partial charge is 0.425 e. The normalized spacial score (nSPS) is 11.5. The van der Waals surface area contributed by atoms with E-state index in [4.69, 9.17) is 4.42 Å². The lowest BCUT2D eigenvalue weighted by Crippen LogP contribution is -2.07. The number of hydrogen-bond donors (Lipinski definition) is 0. The van der Waals surface area contributed by atoms with E-state index >= 15 is 0 Å². The molecule has 6 heteroatoms. The topological polar surface area (TPSA) is 56.7 Å². The third-order valence-electron chi connectivity index (χ3n) is 2.86. The van der Waals surface area contributed by atoms with Gasteiger partial charge in [-0.3, -0.25) is 0 Å². The molecule has 0 aliphatic carbocycles. The smallest absolute Gasteiger partial charge is 0.226 e. The summed E-state index contributed by atoms with van der Waals surface area (Å²) in [4.78, 5) is 4.62. The molecule has 2 heterocycles. The molecule has 0 bridgehead atoms. The predicted molar refractivity (Wildman–Crippen MR) is 75.1 cm³/mol. The second-order valence-corrected chi connectivity index (χ2v) is 6.02. The number of thioether (sulfide) groups is 1. The third kappa shape index (κ3) is 3.37. The summed E-state index contributed by atoms with van der Waals surface area (Å²) < 4.78 is 7.65. The minimum Gasteiger partial charge on any atom is -0.425 e. The predicted octanol–water partition coefficient (Wildman–Crippen LogP) is 3.14. The maximum Gasteiger partial charge on any atom is 0.226 e. The molecule has 0 spiro atoms. The Balaban J connectivity index is 2.13. The van der Waals surface area contributed by atoms with Crippen LogP contribution in [0.5, 0.6) is 0 Å². The molecule has 0 N–H and O–H groups in total. The fourth-order valence-electron chi connectivity index (χ4n) is 1.84. The number of rotatable bonds is 5. The van der Waals surface area contributed by atoms with Crippen LogP contribution in [0.1, 0.15) is 37.0 Å². The Bertz CT molecular complexity index is 559. The van der Waals surface area contributed by atoms with Crippen LogP contribution in [0, 0.1) is 26.7 Å². The van der Waals surface area contributed by atoms with Crippen LogP contribution in [-0.2, 0) is 12.3 Å². The summed E-state index contributed by atoms with van der Waals surface area (Å²) >= 11 is 1.65. The molecule has 104 valence electrons. The summed E-state index contributed by atoms with van der Waals surface area (Å²) in [6, 6.07) is 0. The summed E-state index contributed by atoms with van der Waals surface area (Å²) in [6.45, 7) is 11.4. The highest BCUT2D eigenvalue weighted by atomic mass is 32.2. The van der Waals surface area contributed by atoms with Crippen LogP contribution in [-0.4, -0.2) is 19.7 Å². The Hall–Kier alpha value is -1.30. The summed E-state index contributed by atoms with van der Waals surface area (Å²) in [7, 11) is 0. The lowest BCUT2D eigenvalue weighted by molar-refractivity contribution is 0.480. The molecule has 0 radical (unpaired) electrons. The second kappa shape index (κ2) is 5.77. The minimum absolute atomic E-state index is 0.595.